The average Bonchev–Trinajstić information content (AvgIpc) is 2.88. The van der Waals surface area contributed by atoms with Crippen molar-refractivity contribution in [3.8, 4) is 5.69 Å². The molecule has 0 atom stereocenters. The van der Waals surface area contributed by atoms with E-state index in [0.29, 0.717) is 0 Å². The highest BCUT2D eigenvalue weighted by Crippen LogP contribution is 2.20. The van der Waals surface area contributed by atoms with Crippen molar-refractivity contribution < 1.29 is 4.39 Å². The summed E-state index contributed by atoms with van der Waals surface area (Å²) in [7, 11) is 0. The normalized spacial score (nSPS) is 15.3. The summed E-state index contributed by atoms with van der Waals surface area (Å²) in [6.07, 6.45) is 5.50. The van der Waals surface area contributed by atoms with E-state index in [4.69, 9.17) is 0 Å². The largest absolute Gasteiger partial charge is 0.299 e. The van der Waals surface area contributed by atoms with E-state index >= 15 is 0 Å². The fraction of sp³-hybridized carbons (Fsp3) is 0.438. The maximum atomic E-state index is 13.3. The molecule has 0 saturated carbocycles. The Bertz CT molecular complexity index is 591. The van der Waals surface area contributed by atoms with Gasteiger partial charge < -0.3 is 0 Å². The zero-order chi connectivity index (χ0) is 13.9. The molecular weight excluding hydrogens is 253 g/mol. The third-order valence-corrected chi connectivity index (χ3v) is 3.84. The lowest BCUT2D eigenvalue weighted by molar-refractivity contribution is 0.249. The number of benzene rings is 1. The van der Waals surface area contributed by atoms with Gasteiger partial charge in [-0.25, -0.2) is 9.07 Å². The van der Waals surface area contributed by atoms with Crippen LogP contribution >= 0.6 is 0 Å². The molecule has 1 aromatic carbocycles. The smallest absolute Gasteiger partial charge is 0.125 e. The van der Waals surface area contributed by atoms with Crippen molar-refractivity contribution in [3.63, 3.8) is 0 Å². The standard InChI is InChI=1S/C16H20FN3/c1-2-3-8-19-9-7-16-13(11-19)12-20(18-16)15-6-4-5-14(17)10-15/h4-6,10,12H,2-3,7-9,11H2,1H3. The highest BCUT2D eigenvalue weighted by molar-refractivity contribution is 5.34. The van der Waals surface area contributed by atoms with E-state index in [1.807, 2.05) is 12.3 Å². The number of hydrogen-bond acceptors (Lipinski definition) is 2. The quantitative estimate of drug-likeness (QED) is 0.853. The molecular formula is C16H20FN3. The SMILES string of the molecule is CCCCN1CCc2nn(-c3cccc(F)c3)cc2C1. The van der Waals surface area contributed by atoms with E-state index < -0.39 is 0 Å². The Labute approximate surface area is 119 Å². The number of unbranched alkanes of at least 4 members (excludes halogenated alkanes) is 1. The minimum absolute atomic E-state index is 0.222. The lowest BCUT2D eigenvalue weighted by atomic mass is 10.1. The van der Waals surface area contributed by atoms with E-state index in [0.717, 1.165) is 37.4 Å². The Morgan fingerprint density at radius 3 is 3.05 bits per heavy atom. The van der Waals surface area contributed by atoms with Crippen molar-refractivity contribution >= 4 is 0 Å². The lowest BCUT2D eigenvalue weighted by Gasteiger charge is -2.25. The summed E-state index contributed by atoms with van der Waals surface area (Å²) >= 11 is 0. The average molecular weight is 273 g/mol. The second-order valence-corrected chi connectivity index (χ2v) is 5.41. The molecule has 0 unspecified atom stereocenters. The van der Waals surface area contributed by atoms with Crippen LogP contribution < -0.4 is 0 Å². The first-order valence-electron chi connectivity index (χ1n) is 7.32. The fourth-order valence-corrected chi connectivity index (χ4v) is 2.70. The Balaban J connectivity index is 1.80. The van der Waals surface area contributed by atoms with Gasteiger partial charge in [0.25, 0.3) is 0 Å². The summed E-state index contributed by atoms with van der Waals surface area (Å²) in [6.45, 7) is 5.41. The molecule has 1 aliphatic heterocycles. The third-order valence-electron chi connectivity index (χ3n) is 3.84. The zero-order valence-electron chi connectivity index (χ0n) is 11.8. The summed E-state index contributed by atoms with van der Waals surface area (Å²) in [5, 5.41) is 4.60. The van der Waals surface area contributed by atoms with E-state index in [9.17, 15) is 4.39 Å². The molecule has 4 heteroatoms. The van der Waals surface area contributed by atoms with Crippen LogP contribution in [0.25, 0.3) is 5.69 Å². The van der Waals surface area contributed by atoms with Gasteiger partial charge in [0.1, 0.15) is 5.82 Å². The first kappa shape index (κ1) is 13.3. The third kappa shape index (κ3) is 2.75. The van der Waals surface area contributed by atoms with Crippen LogP contribution in [0.1, 0.15) is 31.0 Å². The first-order valence-corrected chi connectivity index (χ1v) is 7.32. The summed E-state index contributed by atoms with van der Waals surface area (Å²) < 4.78 is 15.1. The van der Waals surface area contributed by atoms with E-state index in [-0.39, 0.29) is 5.82 Å². The summed E-state index contributed by atoms with van der Waals surface area (Å²) in [6, 6.07) is 6.59. The van der Waals surface area contributed by atoms with E-state index in [1.54, 1.807) is 10.7 Å². The lowest BCUT2D eigenvalue weighted by Crippen LogP contribution is -2.30. The molecule has 0 spiro atoms. The summed E-state index contributed by atoms with van der Waals surface area (Å²) in [5.41, 5.74) is 3.22. The Morgan fingerprint density at radius 2 is 2.25 bits per heavy atom. The van der Waals surface area contributed by atoms with Gasteiger partial charge in [-0.15, -0.1) is 0 Å². The number of halogens is 1. The molecule has 2 heterocycles. The van der Waals surface area contributed by atoms with Crippen molar-refractivity contribution in [1.82, 2.24) is 14.7 Å². The second-order valence-electron chi connectivity index (χ2n) is 5.41. The molecule has 0 radical (unpaired) electrons. The van der Waals surface area contributed by atoms with E-state index in [2.05, 4.69) is 16.9 Å². The molecule has 0 aliphatic carbocycles. The van der Waals surface area contributed by atoms with Gasteiger partial charge >= 0.3 is 0 Å². The molecule has 1 aliphatic rings. The number of aromatic nitrogens is 2. The number of fused-ring (bicyclic) bond motifs is 1. The van der Waals surface area contributed by atoms with Crippen LogP contribution in [0, 0.1) is 5.82 Å². The topological polar surface area (TPSA) is 21.1 Å². The second kappa shape index (κ2) is 5.75. The van der Waals surface area contributed by atoms with Gasteiger partial charge in [-0.3, -0.25) is 4.90 Å². The van der Waals surface area contributed by atoms with Crippen molar-refractivity contribution in [3.05, 3.63) is 47.5 Å². The zero-order valence-corrected chi connectivity index (χ0v) is 11.8. The van der Waals surface area contributed by atoms with Crippen LogP contribution in [0.4, 0.5) is 4.39 Å². The molecule has 20 heavy (non-hydrogen) atoms. The first-order chi connectivity index (χ1) is 9.76. The maximum absolute atomic E-state index is 13.3. The molecule has 0 N–H and O–H groups in total. The fourth-order valence-electron chi connectivity index (χ4n) is 2.70. The monoisotopic (exact) mass is 273 g/mol. The summed E-state index contributed by atoms with van der Waals surface area (Å²) in [5.74, 6) is -0.222. The van der Waals surface area contributed by atoms with Crippen molar-refractivity contribution in [2.24, 2.45) is 0 Å². The van der Waals surface area contributed by atoms with Gasteiger partial charge in [0.15, 0.2) is 0 Å². The Morgan fingerprint density at radius 1 is 1.35 bits per heavy atom. The molecule has 1 aromatic heterocycles. The minimum atomic E-state index is -0.222. The van der Waals surface area contributed by atoms with Crippen LogP contribution in [-0.4, -0.2) is 27.8 Å². The van der Waals surface area contributed by atoms with Crippen LogP contribution in [0.3, 0.4) is 0 Å². The van der Waals surface area contributed by atoms with Gasteiger partial charge in [-0.2, -0.15) is 5.10 Å². The highest BCUT2D eigenvalue weighted by atomic mass is 19.1. The van der Waals surface area contributed by atoms with Gasteiger partial charge in [0.2, 0.25) is 0 Å². The van der Waals surface area contributed by atoms with Gasteiger partial charge in [0, 0.05) is 31.3 Å². The Hall–Kier alpha value is -1.68. The van der Waals surface area contributed by atoms with Crippen molar-refractivity contribution in [1.29, 1.82) is 0 Å². The molecule has 0 bridgehead atoms. The maximum Gasteiger partial charge on any atom is 0.125 e. The minimum Gasteiger partial charge on any atom is -0.299 e. The summed E-state index contributed by atoms with van der Waals surface area (Å²) in [4.78, 5) is 2.48. The number of nitrogens with zero attached hydrogens (tertiary/aromatic N) is 3. The van der Waals surface area contributed by atoms with Gasteiger partial charge in [-0.1, -0.05) is 19.4 Å². The Kier molecular flexibility index (Phi) is 3.83. The van der Waals surface area contributed by atoms with Crippen LogP contribution in [0.5, 0.6) is 0 Å². The highest BCUT2D eigenvalue weighted by Gasteiger charge is 2.19. The number of rotatable bonds is 4. The van der Waals surface area contributed by atoms with Gasteiger partial charge in [-0.05, 0) is 31.2 Å². The van der Waals surface area contributed by atoms with Crippen LogP contribution in [0.2, 0.25) is 0 Å². The molecule has 0 saturated heterocycles. The molecule has 3 nitrogen and oxygen atoms in total. The molecule has 3 rings (SSSR count). The molecule has 0 amide bonds. The predicted molar refractivity (Wildman–Crippen MR) is 77.4 cm³/mol. The van der Waals surface area contributed by atoms with E-state index in [1.165, 1.54) is 30.5 Å². The van der Waals surface area contributed by atoms with Gasteiger partial charge in [0.05, 0.1) is 11.4 Å². The van der Waals surface area contributed by atoms with Crippen molar-refractivity contribution in [2.45, 2.75) is 32.7 Å². The number of hydrogen-bond donors (Lipinski definition) is 0. The molecule has 106 valence electrons. The molecule has 0 fully saturated rings. The molecule has 2 aromatic rings. The van der Waals surface area contributed by atoms with Crippen molar-refractivity contribution in [2.75, 3.05) is 13.1 Å². The van der Waals surface area contributed by atoms with Crippen LogP contribution in [-0.2, 0) is 13.0 Å². The van der Waals surface area contributed by atoms with Crippen LogP contribution in [0.15, 0.2) is 30.5 Å². The predicted octanol–water partition coefficient (Wildman–Crippen LogP) is 3.17.